The molecular weight excluding hydrogens is 286 g/mol. The van der Waals surface area contributed by atoms with E-state index in [-0.39, 0.29) is 0 Å². The Morgan fingerprint density at radius 2 is 1.71 bits per heavy atom. The highest BCUT2D eigenvalue weighted by Crippen LogP contribution is 2.27. The Morgan fingerprint density at radius 1 is 0.905 bits per heavy atom. The zero-order valence-electron chi connectivity index (χ0n) is 10.9. The van der Waals surface area contributed by atoms with E-state index in [1.807, 2.05) is 60.8 Å². The molecule has 102 valence electrons. The lowest BCUT2D eigenvalue weighted by Gasteiger charge is -1.96. The minimum absolute atomic E-state index is 0.571. The van der Waals surface area contributed by atoms with Crippen LogP contribution in [0.5, 0.6) is 0 Å². The molecule has 3 heterocycles. The molecule has 0 N–H and O–H groups in total. The first kappa shape index (κ1) is 12.2. The molecule has 0 aliphatic rings. The summed E-state index contributed by atoms with van der Waals surface area (Å²) < 4.78 is 7.57. The molecule has 3 aromatic heterocycles. The summed E-state index contributed by atoms with van der Waals surface area (Å²) in [7, 11) is 0. The molecule has 0 atom stereocenters. The van der Waals surface area contributed by atoms with E-state index in [4.69, 9.17) is 16.0 Å². The van der Waals surface area contributed by atoms with Crippen molar-refractivity contribution >= 4 is 17.2 Å². The van der Waals surface area contributed by atoms with E-state index in [2.05, 4.69) is 10.1 Å². The molecule has 0 saturated heterocycles. The Morgan fingerprint density at radius 3 is 2.52 bits per heavy atom. The summed E-state index contributed by atoms with van der Waals surface area (Å²) in [5.41, 5.74) is 1.76. The second-order valence-corrected chi connectivity index (χ2v) is 5.05. The molecule has 4 aromatic rings. The van der Waals surface area contributed by atoms with Crippen LogP contribution in [0, 0.1) is 0 Å². The first-order chi connectivity index (χ1) is 10.3. The van der Waals surface area contributed by atoms with Crippen LogP contribution in [0.2, 0.25) is 5.02 Å². The first-order valence-corrected chi connectivity index (χ1v) is 6.85. The van der Waals surface area contributed by atoms with E-state index in [1.54, 1.807) is 4.52 Å². The lowest BCUT2D eigenvalue weighted by Crippen LogP contribution is -1.83. The fourth-order valence-electron chi connectivity index (χ4n) is 2.16. The molecule has 4 nitrogen and oxygen atoms in total. The van der Waals surface area contributed by atoms with E-state index in [9.17, 15) is 0 Å². The molecule has 5 heteroatoms. The second-order valence-electron chi connectivity index (χ2n) is 4.61. The maximum absolute atomic E-state index is 5.89. The molecule has 4 rings (SSSR count). The molecule has 0 fully saturated rings. The summed E-state index contributed by atoms with van der Waals surface area (Å²) in [6, 6.07) is 17.0. The van der Waals surface area contributed by atoms with Gasteiger partial charge in [0.15, 0.2) is 11.4 Å². The zero-order valence-corrected chi connectivity index (χ0v) is 11.7. The number of fused-ring (bicyclic) bond motifs is 1. The molecule has 0 aliphatic carbocycles. The van der Waals surface area contributed by atoms with E-state index >= 15 is 0 Å². The van der Waals surface area contributed by atoms with Crippen LogP contribution >= 0.6 is 11.6 Å². The van der Waals surface area contributed by atoms with Gasteiger partial charge >= 0.3 is 0 Å². The van der Waals surface area contributed by atoms with Crippen molar-refractivity contribution in [2.24, 2.45) is 0 Å². The molecule has 1 aromatic carbocycles. The minimum Gasteiger partial charge on any atom is -0.453 e. The molecule has 0 aliphatic heterocycles. The summed E-state index contributed by atoms with van der Waals surface area (Å²) in [6.45, 7) is 0. The van der Waals surface area contributed by atoms with E-state index in [0.717, 1.165) is 17.0 Å². The van der Waals surface area contributed by atoms with Crippen molar-refractivity contribution in [3.05, 3.63) is 65.8 Å². The van der Waals surface area contributed by atoms with Gasteiger partial charge < -0.3 is 4.42 Å². The third kappa shape index (κ3) is 2.19. The van der Waals surface area contributed by atoms with Crippen molar-refractivity contribution < 1.29 is 4.42 Å². The molecule has 0 radical (unpaired) electrons. The molecule has 0 unspecified atom stereocenters. The van der Waals surface area contributed by atoms with Crippen LogP contribution in [-0.2, 0) is 0 Å². The third-order valence-corrected chi connectivity index (χ3v) is 3.45. The maximum Gasteiger partial charge on any atom is 0.217 e. The van der Waals surface area contributed by atoms with Gasteiger partial charge in [-0.05, 0) is 48.5 Å². The van der Waals surface area contributed by atoms with Gasteiger partial charge in [0.05, 0.1) is 0 Å². The largest absolute Gasteiger partial charge is 0.453 e. The van der Waals surface area contributed by atoms with Gasteiger partial charge in [-0.25, -0.2) is 9.50 Å². The van der Waals surface area contributed by atoms with Gasteiger partial charge in [-0.1, -0.05) is 17.7 Å². The van der Waals surface area contributed by atoms with Crippen molar-refractivity contribution in [2.75, 3.05) is 0 Å². The lowest BCUT2D eigenvalue weighted by molar-refractivity contribution is 0.592. The van der Waals surface area contributed by atoms with E-state index in [0.29, 0.717) is 16.6 Å². The maximum atomic E-state index is 5.89. The Bertz CT molecular complexity index is 876. The number of benzene rings is 1. The monoisotopic (exact) mass is 295 g/mol. The van der Waals surface area contributed by atoms with Crippen molar-refractivity contribution in [1.29, 1.82) is 0 Å². The second kappa shape index (κ2) is 4.75. The quantitative estimate of drug-likeness (QED) is 0.553. The molecule has 0 spiro atoms. The molecular formula is C16H10ClN3O. The normalized spacial score (nSPS) is 11.1. The lowest BCUT2D eigenvalue weighted by atomic mass is 10.2. The first-order valence-electron chi connectivity index (χ1n) is 6.47. The van der Waals surface area contributed by atoms with Gasteiger partial charge in [0.25, 0.3) is 0 Å². The van der Waals surface area contributed by atoms with Gasteiger partial charge in [0.1, 0.15) is 5.76 Å². The number of hydrogen-bond donors (Lipinski definition) is 0. The molecule has 0 bridgehead atoms. The SMILES string of the molecule is Clc1ccc(-c2ccc(-c3nc4ccccn4n3)o2)cc1. The fraction of sp³-hybridized carbons (Fsp3) is 0. The predicted molar refractivity (Wildman–Crippen MR) is 81.1 cm³/mol. The van der Waals surface area contributed by atoms with Crippen molar-refractivity contribution in [1.82, 2.24) is 14.6 Å². The Balaban J connectivity index is 1.75. The fourth-order valence-corrected chi connectivity index (χ4v) is 2.29. The summed E-state index contributed by atoms with van der Waals surface area (Å²) in [6.07, 6.45) is 1.86. The number of pyridine rings is 1. The van der Waals surface area contributed by atoms with Gasteiger partial charge in [0.2, 0.25) is 5.82 Å². The van der Waals surface area contributed by atoms with Crippen molar-refractivity contribution in [2.45, 2.75) is 0 Å². The Labute approximate surface area is 125 Å². The van der Waals surface area contributed by atoms with E-state index < -0.39 is 0 Å². The van der Waals surface area contributed by atoms with Crippen LogP contribution in [0.4, 0.5) is 0 Å². The number of halogens is 1. The van der Waals surface area contributed by atoms with Gasteiger partial charge in [0, 0.05) is 16.8 Å². The molecule has 0 saturated carbocycles. The van der Waals surface area contributed by atoms with Crippen LogP contribution in [0.15, 0.2) is 65.2 Å². The van der Waals surface area contributed by atoms with Crippen molar-refractivity contribution in [3.8, 4) is 22.9 Å². The van der Waals surface area contributed by atoms with E-state index in [1.165, 1.54) is 0 Å². The Kier molecular flexibility index (Phi) is 2.75. The predicted octanol–water partition coefficient (Wildman–Crippen LogP) is 4.31. The van der Waals surface area contributed by atoms with Gasteiger partial charge in [-0.2, -0.15) is 0 Å². The smallest absolute Gasteiger partial charge is 0.217 e. The summed E-state index contributed by atoms with van der Waals surface area (Å²) in [5, 5.41) is 5.10. The zero-order chi connectivity index (χ0) is 14.2. The van der Waals surface area contributed by atoms with Crippen LogP contribution < -0.4 is 0 Å². The number of furan rings is 1. The molecule has 0 amide bonds. The third-order valence-electron chi connectivity index (χ3n) is 3.20. The molecule has 21 heavy (non-hydrogen) atoms. The van der Waals surface area contributed by atoms with Crippen LogP contribution in [0.1, 0.15) is 0 Å². The van der Waals surface area contributed by atoms with Crippen LogP contribution in [0.25, 0.3) is 28.6 Å². The van der Waals surface area contributed by atoms with Crippen molar-refractivity contribution in [3.63, 3.8) is 0 Å². The number of hydrogen-bond acceptors (Lipinski definition) is 3. The summed E-state index contributed by atoms with van der Waals surface area (Å²) in [5.74, 6) is 1.98. The minimum atomic E-state index is 0.571. The Hall–Kier alpha value is -2.59. The summed E-state index contributed by atoms with van der Waals surface area (Å²) >= 11 is 5.89. The summed E-state index contributed by atoms with van der Waals surface area (Å²) in [4.78, 5) is 4.44. The standard InChI is InChI=1S/C16H10ClN3O/c17-12-6-4-11(5-7-12)13-8-9-14(21-13)16-18-15-3-1-2-10-20(15)19-16/h1-10H. The van der Waals surface area contributed by atoms with Crippen LogP contribution in [-0.4, -0.2) is 14.6 Å². The highest BCUT2D eigenvalue weighted by molar-refractivity contribution is 6.30. The van der Waals surface area contributed by atoms with Gasteiger partial charge in [-0.3, -0.25) is 0 Å². The number of rotatable bonds is 2. The number of aromatic nitrogens is 3. The van der Waals surface area contributed by atoms with Crippen LogP contribution in [0.3, 0.4) is 0 Å². The number of nitrogens with zero attached hydrogens (tertiary/aromatic N) is 3. The topological polar surface area (TPSA) is 43.3 Å². The highest BCUT2D eigenvalue weighted by Gasteiger charge is 2.11. The average Bonchev–Trinajstić information content (AvgIpc) is 3.14. The average molecular weight is 296 g/mol. The highest BCUT2D eigenvalue weighted by atomic mass is 35.5. The van der Waals surface area contributed by atoms with Gasteiger partial charge in [-0.15, -0.1) is 5.10 Å².